The van der Waals surface area contributed by atoms with Crippen LogP contribution >= 0.6 is 0 Å². The van der Waals surface area contributed by atoms with Gasteiger partial charge in [0.1, 0.15) is 5.82 Å². The predicted molar refractivity (Wildman–Crippen MR) is 80.6 cm³/mol. The molecule has 0 saturated carbocycles. The number of hydrogen-bond donors (Lipinski definition) is 0. The van der Waals surface area contributed by atoms with Crippen LogP contribution in [0.25, 0.3) is 0 Å². The first-order valence-electron chi connectivity index (χ1n) is 7.27. The lowest BCUT2D eigenvalue weighted by atomic mass is 9.87. The Kier molecular flexibility index (Phi) is 3.74. The van der Waals surface area contributed by atoms with Gasteiger partial charge in [0.05, 0.1) is 6.04 Å². The highest BCUT2D eigenvalue weighted by Gasteiger charge is 2.26. The molecule has 108 valence electrons. The molecule has 1 amide bonds. The minimum absolute atomic E-state index is 0.0586. The Morgan fingerprint density at radius 2 is 1.86 bits per heavy atom. The highest BCUT2D eigenvalue weighted by molar-refractivity contribution is 5.94. The van der Waals surface area contributed by atoms with E-state index in [-0.39, 0.29) is 17.8 Å². The molecule has 0 fully saturated rings. The van der Waals surface area contributed by atoms with Crippen LogP contribution in [0.4, 0.5) is 4.39 Å². The van der Waals surface area contributed by atoms with Crippen LogP contribution in [-0.2, 0) is 6.42 Å². The Morgan fingerprint density at radius 1 is 1.14 bits per heavy atom. The third-order valence-corrected chi connectivity index (χ3v) is 4.22. The van der Waals surface area contributed by atoms with Crippen LogP contribution in [0.5, 0.6) is 0 Å². The molecule has 0 heterocycles. The molecule has 0 N–H and O–H groups in total. The molecule has 0 spiro atoms. The fourth-order valence-electron chi connectivity index (χ4n) is 3.07. The van der Waals surface area contributed by atoms with Crippen LogP contribution in [-0.4, -0.2) is 17.9 Å². The van der Waals surface area contributed by atoms with Crippen molar-refractivity contribution in [1.82, 2.24) is 4.90 Å². The van der Waals surface area contributed by atoms with Gasteiger partial charge in [-0.25, -0.2) is 4.39 Å². The lowest BCUT2D eigenvalue weighted by molar-refractivity contribution is 0.0715. The molecule has 0 unspecified atom stereocenters. The van der Waals surface area contributed by atoms with E-state index in [1.807, 2.05) is 19.2 Å². The quantitative estimate of drug-likeness (QED) is 0.816. The minimum atomic E-state index is -0.322. The Balaban J connectivity index is 1.87. The summed E-state index contributed by atoms with van der Waals surface area (Å²) in [5.41, 5.74) is 3.09. The monoisotopic (exact) mass is 283 g/mol. The van der Waals surface area contributed by atoms with Crippen LogP contribution in [0, 0.1) is 5.82 Å². The van der Waals surface area contributed by atoms with E-state index in [1.54, 1.807) is 17.0 Å². The fraction of sp³-hybridized carbons (Fsp3) is 0.278. The van der Waals surface area contributed by atoms with Crippen molar-refractivity contribution in [3.63, 3.8) is 0 Å². The maximum Gasteiger partial charge on any atom is 0.254 e. The number of rotatable bonds is 2. The number of hydrogen-bond acceptors (Lipinski definition) is 1. The Morgan fingerprint density at radius 3 is 2.62 bits per heavy atom. The zero-order chi connectivity index (χ0) is 14.8. The highest BCUT2D eigenvalue weighted by atomic mass is 19.1. The summed E-state index contributed by atoms with van der Waals surface area (Å²) >= 11 is 0. The van der Waals surface area contributed by atoms with Crippen molar-refractivity contribution < 1.29 is 9.18 Å². The van der Waals surface area contributed by atoms with Gasteiger partial charge in [-0.1, -0.05) is 24.3 Å². The lowest BCUT2D eigenvalue weighted by Gasteiger charge is -2.33. The van der Waals surface area contributed by atoms with Crippen LogP contribution in [0.2, 0.25) is 0 Å². The Hall–Kier alpha value is -2.16. The number of amides is 1. The lowest BCUT2D eigenvalue weighted by Crippen LogP contribution is -2.33. The van der Waals surface area contributed by atoms with Crippen LogP contribution < -0.4 is 0 Å². The zero-order valence-corrected chi connectivity index (χ0v) is 12.1. The third-order valence-electron chi connectivity index (χ3n) is 4.22. The molecule has 1 aliphatic rings. The van der Waals surface area contributed by atoms with Crippen molar-refractivity contribution in [1.29, 1.82) is 0 Å². The van der Waals surface area contributed by atoms with E-state index in [2.05, 4.69) is 12.1 Å². The van der Waals surface area contributed by atoms with E-state index in [0.29, 0.717) is 5.56 Å². The summed E-state index contributed by atoms with van der Waals surface area (Å²) in [7, 11) is 1.83. The molecule has 2 aromatic rings. The average Bonchev–Trinajstić information content (AvgIpc) is 2.53. The van der Waals surface area contributed by atoms with E-state index in [4.69, 9.17) is 0 Å². The first kappa shape index (κ1) is 13.8. The highest BCUT2D eigenvalue weighted by Crippen LogP contribution is 2.34. The molecular formula is C18H18FNO. The van der Waals surface area contributed by atoms with Crippen LogP contribution in [0.3, 0.4) is 0 Å². The SMILES string of the molecule is CN(C(=O)c1ccc(F)cc1)[C@H]1CCCc2ccccc21. The summed E-state index contributed by atoms with van der Waals surface area (Å²) in [5, 5.41) is 0. The topological polar surface area (TPSA) is 20.3 Å². The molecule has 2 aromatic carbocycles. The number of halogens is 1. The van der Waals surface area contributed by atoms with E-state index in [0.717, 1.165) is 19.3 Å². The Labute approximate surface area is 124 Å². The van der Waals surface area contributed by atoms with Gasteiger partial charge in [-0.15, -0.1) is 0 Å². The summed E-state index contributed by atoms with van der Waals surface area (Å²) < 4.78 is 13.0. The van der Waals surface area contributed by atoms with Gasteiger partial charge in [0.15, 0.2) is 0 Å². The standard InChI is InChI=1S/C18H18FNO/c1-20(18(21)14-9-11-15(19)12-10-14)17-8-4-6-13-5-2-3-7-16(13)17/h2-3,5,7,9-12,17H,4,6,8H2,1H3/t17-/m0/s1. The fourth-order valence-corrected chi connectivity index (χ4v) is 3.07. The number of fused-ring (bicyclic) bond motifs is 1. The number of carbonyl (C=O) groups excluding carboxylic acids is 1. The molecule has 0 aromatic heterocycles. The molecule has 0 bridgehead atoms. The minimum Gasteiger partial charge on any atom is -0.335 e. The summed E-state index contributed by atoms with van der Waals surface area (Å²) in [4.78, 5) is 14.4. The molecule has 0 radical (unpaired) electrons. The smallest absolute Gasteiger partial charge is 0.254 e. The largest absolute Gasteiger partial charge is 0.335 e. The predicted octanol–water partition coefficient (Wildman–Crippen LogP) is 3.98. The van der Waals surface area contributed by atoms with Gasteiger partial charge in [0, 0.05) is 12.6 Å². The first-order valence-corrected chi connectivity index (χ1v) is 7.27. The van der Waals surface area contributed by atoms with Crippen molar-refractivity contribution in [2.45, 2.75) is 25.3 Å². The second-order valence-corrected chi connectivity index (χ2v) is 5.53. The third kappa shape index (κ3) is 2.68. The van der Waals surface area contributed by atoms with E-state index < -0.39 is 0 Å². The molecule has 1 aliphatic carbocycles. The maximum absolute atomic E-state index is 13.0. The van der Waals surface area contributed by atoms with Crippen molar-refractivity contribution in [2.24, 2.45) is 0 Å². The van der Waals surface area contributed by atoms with Crippen molar-refractivity contribution in [3.8, 4) is 0 Å². The second kappa shape index (κ2) is 5.68. The normalized spacial score (nSPS) is 17.1. The number of aryl methyl sites for hydroxylation is 1. The van der Waals surface area contributed by atoms with Crippen LogP contribution in [0.15, 0.2) is 48.5 Å². The number of carbonyl (C=O) groups is 1. The summed E-state index contributed by atoms with van der Waals surface area (Å²) in [6, 6.07) is 14.2. The van der Waals surface area contributed by atoms with Gasteiger partial charge < -0.3 is 4.90 Å². The number of nitrogens with zero attached hydrogens (tertiary/aromatic N) is 1. The van der Waals surface area contributed by atoms with Crippen LogP contribution in [0.1, 0.15) is 40.4 Å². The molecule has 2 nitrogen and oxygen atoms in total. The molecule has 0 saturated heterocycles. The molecule has 3 rings (SSSR count). The molecule has 3 heteroatoms. The molecule has 21 heavy (non-hydrogen) atoms. The van der Waals surface area contributed by atoms with E-state index >= 15 is 0 Å². The van der Waals surface area contributed by atoms with Gasteiger partial charge >= 0.3 is 0 Å². The average molecular weight is 283 g/mol. The van der Waals surface area contributed by atoms with Gasteiger partial charge in [-0.2, -0.15) is 0 Å². The van der Waals surface area contributed by atoms with Gasteiger partial charge in [-0.3, -0.25) is 4.79 Å². The molecular weight excluding hydrogens is 265 g/mol. The van der Waals surface area contributed by atoms with Gasteiger partial charge in [0.25, 0.3) is 5.91 Å². The molecule has 0 aliphatic heterocycles. The van der Waals surface area contributed by atoms with Crippen molar-refractivity contribution in [3.05, 3.63) is 71.0 Å². The summed E-state index contributed by atoms with van der Waals surface area (Å²) in [6.45, 7) is 0. The summed E-state index contributed by atoms with van der Waals surface area (Å²) in [6.07, 6.45) is 3.13. The number of benzene rings is 2. The Bertz CT molecular complexity index is 651. The van der Waals surface area contributed by atoms with Crippen molar-refractivity contribution in [2.75, 3.05) is 7.05 Å². The van der Waals surface area contributed by atoms with E-state index in [9.17, 15) is 9.18 Å². The van der Waals surface area contributed by atoms with Gasteiger partial charge in [-0.05, 0) is 54.7 Å². The molecule has 1 atom stereocenters. The van der Waals surface area contributed by atoms with Crippen molar-refractivity contribution >= 4 is 5.91 Å². The summed E-state index contributed by atoms with van der Waals surface area (Å²) in [5.74, 6) is -0.381. The second-order valence-electron chi connectivity index (χ2n) is 5.53. The first-order chi connectivity index (χ1) is 10.2. The van der Waals surface area contributed by atoms with E-state index in [1.165, 1.54) is 23.3 Å². The maximum atomic E-state index is 13.0. The zero-order valence-electron chi connectivity index (χ0n) is 12.1. The van der Waals surface area contributed by atoms with Gasteiger partial charge in [0.2, 0.25) is 0 Å².